The van der Waals surface area contributed by atoms with Gasteiger partial charge in [-0.05, 0) is 66.6 Å². The van der Waals surface area contributed by atoms with E-state index in [9.17, 15) is 9.59 Å². The zero-order valence-electron chi connectivity index (χ0n) is 22.4. The molecule has 0 fully saturated rings. The van der Waals surface area contributed by atoms with E-state index in [4.69, 9.17) is 14.2 Å². The predicted molar refractivity (Wildman–Crippen MR) is 148 cm³/mol. The van der Waals surface area contributed by atoms with Crippen LogP contribution in [0.1, 0.15) is 58.9 Å². The molecule has 194 valence electrons. The Morgan fingerprint density at radius 2 is 1.29 bits per heavy atom. The molecular weight excluding hydrogens is 476 g/mol. The maximum absolute atomic E-state index is 12.8. The molecule has 0 spiro atoms. The predicted octanol–water partition coefficient (Wildman–Crippen LogP) is 7.42. The Morgan fingerprint density at radius 3 is 1.87 bits per heavy atom. The Labute approximate surface area is 224 Å². The van der Waals surface area contributed by atoms with Gasteiger partial charge in [-0.2, -0.15) is 0 Å². The van der Waals surface area contributed by atoms with E-state index in [1.54, 1.807) is 31.4 Å². The lowest BCUT2D eigenvalue weighted by molar-refractivity contribution is -0.142. The van der Waals surface area contributed by atoms with E-state index in [-0.39, 0.29) is 23.8 Å². The van der Waals surface area contributed by atoms with Crippen LogP contribution in [0.5, 0.6) is 17.2 Å². The van der Waals surface area contributed by atoms with Crippen molar-refractivity contribution in [3.05, 3.63) is 124 Å². The average Bonchev–Trinajstić information content (AvgIpc) is 2.93. The van der Waals surface area contributed by atoms with Crippen molar-refractivity contribution in [2.75, 3.05) is 7.11 Å². The van der Waals surface area contributed by atoms with E-state index in [0.29, 0.717) is 22.6 Å². The van der Waals surface area contributed by atoms with Gasteiger partial charge in [0.25, 0.3) is 0 Å². The van der Waals surface area contributed by atoms with Crippen molar-refractivity contribution >= 4 is 11.8 Å². The molecule has 0 aliphatic rings. The normalized spacial score (nSPS) is 11.1. The molecule has 38 heavy (non-hydrogen) atoms. The average molecular weight is 509 g/mol. The molecule has 0 heterocycles. The van der Waals surface area contributed by atoms with E-state index >= 15 is 0 Å². The van der Waals surface area contributed by atoms with Crippen LogP contribution in [0.2, 0.25) is 0 Å². The summed E-state index contributed by atoms with van der Waals surface area (Å²) < 4.78 is 16.8. The van der Waals surface area contributed by atoms with Crippen LogP contribution in [0.25, 0.3) is 0 Å². The van der Waals surface area contributed by atoms with Gasteiger partial charge in [0.05, 0.1) is 7.11 Å². The van der Waals surface area contributed by atoms with Crippen LogP contribution >= 0.6 is 0 Å². The van der Waals surface area contributed by atoms with E-state index < -0.39 is 0 Å². The van der Waals surface area contributed by atoms with Crippen molar-refractivity contribution < 1.29 is 23.8 Å². The van der Waals surface area contributed by atoms with Gasteiger partial charge in [0.2, 0.25) is 0 Å². The van der Waals surface area contributed by atoms with Gasteiger partial charge in [-0.15, -0.1) is 0 Å². The second-order valence-corrected chi connectivity index (χ2v) is 9.78. The molecule has 0 unspecified atom stereocenters. The number of hydrogen-bond acceptors (Lipinski definition) is 5. The SMILES string of the molecule is COc1ccc(C(C)(C)c2ccc(Oc3ccc(C(=O)c4ccc(C)cc4)cc3)c(COC(C)=O)c2)cc1. The number of carbonyl (C=O) groups excluding carboxylic acids is 2. The smallest absolute Gasteiger partial charge is 0.302 e. The van der Waals surface area contributed by atoms with Crippen molar-refractivity contribution in [2.24, 2.45) is 0 Å². The highest BCUT2D eigenvalue weighted by molar-refractivity contribution is 6.09. The zero-order chi connectivity index (χ0) is 27.3. The van der Waals surface area contributed by atoms with E-state index in [2.05, 4.69) is 26.0 Å². The van der Waals surface area contributed by atoms with Crippen molar-refractivity contribution in [2.45, 2.75) is 39.7 Å². The van der Waals surface area contributed by atoms with Gasteiger partial charge in [-0.1, -0.05) is 61.9 Å². The quantitative estimate of drug-likeness (QED) is 0.174. The van der Waals surface area contributed by atoms with Crippen LogP contribution < -0.4 is 9.47 Å². The molecule has 0 N–H and O–H groups in total. The standard InChI is InChI=1S/C33H32O5/c1-22-6-8-24(9-7-22)32(35)25-10-15-30(16-11-25)38-31-19-14-28(20-26(31)21-37-23(2)34)33(3,4)27-12-17-29(36-5)18-13-27/h6-20H,21H2,1-5H3. The zero-order valence-corrected chi connectivity index (χ0v) is 22.4. The first-order valence-electron chi connectivity index (χ1n) is 12.5. The van der Waals surface area contributed by atoms with Crippen LogP contribution in [-0.2, 0) is 21.6 Å². The first-order chi connectivity index (χ1) is 18.2. The van der Waals surface area contributed by atoms with E-state index in [1.165, 1.54) is 6.92 Å². The van der Waals surface area contributed by atoms with Crippen LogP contribution in [0.3, 0.4) is 0 Å². The van der Waals surface area contributed by atoms with Crippen LogP contribution in [0.15, 0.2) is 91.0 Å². The third-order valence-electron chi connectivity index (χ3n) is 6.68. The van der Waals surface area contributed by atoms with E-state index in [1.807, 2.05) is 61.5 Å². The molecule has 5 nitrogen and oxygen atoms in total. The number of methoxy groups -OCH3 is 1. The molecular formula is C33H32O5. The van der Waals surface area contributed by atoms with Gasteiger partial charge >= 0.3 is 5.97 Å². The van der Waals surface area contributed by atoms with Gasteiger partial charge < -0.3 is 14.2 Å². The van der Waals surface area contributed by atoms with Gasteiger partial charge in [0.15, 0.2) is 5.78 Å². The molecule has 0 atom stereocenters. The summed E-state index contributed by atoms with van der Waals surface area (Å²) >= 11 is 0. The van der Waals surface area contributed by atoms with Crippen molar-refractivity contribution in [1.29, 1.82) is 0 Å². The molecule has 5 heteroatoms. The highest BCUT2D eigenvalue weighted by Crippen LogP contribution is 2.36. The fourth-order valence-corrected chi connectivity index (χ4v) is 4.21. The third-order valence-corrected chi connectivity index (χ3v) is 6.68. The lowest BCUT2D eigenvalue weighted by atomic mass is 9.77. The monoisotopic (exact) mass is 508 g/mol. The molecule has 0 aromatic heterocycles. The number of ether oxygens (including phenoxy) is 3. The first-order valence-corrected chi connectivity index (χ1v) is 12.5. The topological polar surface area (TPSA) is 61.8 Å². The molecule has 0 radical (unpaired) electrons. The summed E-state index contributed by atoms with van der Waals surface area (Å²) in [5.74, 6) is 1.55. The lowest BCUT2D eigenvalue weighted by Gasteiger charge is -2.27. The fraction of sp³-hybridized carbons (Fsp3) is 0.212. The number of ketones is 1. The minimum atomic E-state index is -0.366. The third kappa shape index (κ3) is 6.12. The summed E-state index contributed by atoms with van der Waals surface area (Å²) in [5, 5.41) is 0. The molecule has 0 saturated carbocycles. The Kier molecular flexibility index (Phi) is 7.96. The molecule has 0 bridgehead atoms. The Bertz CT molecular complexity index is 1420. The molecule has 0 saturated heterocycles. The van der Waals surface area contributed by atoms with E-state index in [0.717, 1.165) is 28.0 Å². The second kappa shape index (κ2) is 11.3. The molecule has 0 aliphatic carbocycles. The van der Waals surface area contributed by atoms with Crippen LogP contribution in [0, 0.1) is 6.92 Å². The largest absolute Gasteiger partial charge is 0.497 e. The van der Waals surface area contributed by atoms with Gasteiger partial charge in [0, 0.05) is 29.0 Å². The Morgan fingerprint density at radius 1 is 0.737 bits per heavy atom. The summed E-state index contributed by atoms with van der Waals surface area (Å²) in [5.41, 5.74) is 4.94. The van der Waals surface area contributed by atoms with Crippen LogP contribution in [-0.4, -0.2) is 18.9 Å². The number of hydrogen-bond donors (Lipinski definition) is 0. The van der Waals surface area contributed by atoms with Crippen LogP contribution in [0.4, 0.5) is 0 Å². The highest BCUT2D eigenvalue weighted by atomic mass is 16.5. The van der Waals surface area contributed by atoms with Gasteiger partial charge in [-0.3, -0.25) is 9.59 Å². The molecule has 4 aromatic carbocycles. The van der Waals surface area contributed by atoms with Gasteiger partial charge in [-0.25, -0.2) is 0 Å². The molecule has 4 rings (SSSR count). The Balaban J connectivity index is 1.59. The van der Waals surface area contributed by atoms with Gasteiger partial charge in [0.1, 0.15) is 23.9 Å². The first kappa shape index (κ1) is 26.7. The van der Waals surface area contributed by atoms with Crippen molar-refractivity contribution in [3.63, 3.8) is 0 Å². The molecule has 0 aliphatic heterocycles. The summed E-state index contributed by atoms with van der Waals surface area (Å²) in [6.45, 7) is 7.74. The van der Waals surface area contributed by atoms with Crippen molar-refractivity contribution in [1.82, 2.24) is 0 Å². The summed E-state index contributed by atoms with van der Waals surface area (Å²) in [4.78, 5) is 24.4. The summed E-state index contributed by atoms with van der Waals surface area (Å²) in [6, 6.07) is 28.5. The summed E-state index contributed by atoms with van der Waals surface area (Å²) in [7, 11) is 1.65. The molecule has 4 aromatic rings. The maximum Gasteiger partial charge on any atom is 0.302 e. The number of benzene rings is 4. The molecule has 0 amide bonds. The lowest BCUT2D eigenvalue weighted by Crippen LogP contribution is -2.19. The number of aryl methyl sites for hydroxylation is 1. The number of rotatable bonds is 9. The Hall–Kier alpha value is -4.38. The second-order valence-electron chi connectivity index (χ2n) is 9.78. The maximum atomic E-state index is 12.8. The number of esters is 1. The summed E-state index contributed by atoms with van der Waals surface area (Å²) in [6.07, 6.45) is 0. The number of carbonyl (C=O) groups is 2. The fourth-order valence-electron chi connectivity index (χ4n) is 4.21. The minimum Gasteiger partial charge on any atom is -0.497 e. The van der Waals surface area contributed by atoms with Crippen molar-refractivity contribution in [3.8, 4) is 17.2 Å². The minimum absolute atomic E-state index is 0.0442. The highest BCUT2D eigenvalue weighted by Gasteiger charge is 2.25.